The molecule has 1 unspecified atom stereocenters. The van der Waals surface area contributed by atoms with Crippen LogP contribution in [0.4, 0.5) is 0 Å². The van der Waals surface area contributed by atoms with Crippen LogP contribution in [0.3, 0.4) is 0 Å². The van der Waals surface area contributed by atoms with E-state index in [9.17, 15) is 4.79 Å². The van der Waals surface area contributed by atoms with Gasteiger partial charge in [-0.15, -0.1) is 0 Å². The third-order valence-electron chi connectivity index (χ3n) is 3.48. The van der Waals surface area contributed by atoms with Crippen LogP contribution in [0.25, 0.3) is 0 Å². The third-order valence-corrected chi connectivity index (χ3v) is 3.48. The molecule has 0 radical (unpaired) electrons. The van der Waals surface area contributed by atoms with Gasteiger partial charge in [-0.2, -0.15) is 0 Å². The molecule has 0 aromatic heterocycles. The van der Waals surface area contributed by atoms with Gasteiger partial charge in [0.1, 0.15) is 0 Å². The first kappa shape index (κ1) is 17.8. The number of ether oxygens (including phenoxy) is 1. The molecule has 1 rings (SSSR count). The molecule has 0 amide bonds. The van der Waals surface area contributed by atoms with Crippen LogP contribution in [0, 0.1) is 0 Å². The van der Waals surface area contributed by atoms with Crippen LogP contribution >= 0.6 is 0 Å². The van der Waals surface area contributed by atoms with Crippen molar-refractivity contribution < 1.29 is 9.53 Å². The molecular weight excluding hydrogens is 266 g/mol. The molecule has 0 bridgehead atoms. The Hall–Kier alpha value is -1.30. The lowest BCUT2D eigenvalue weighted by Crippen LogP contribution is -2.53. The molecular formula is C16H27N3O2. The first-order valence-electron chi connectivity index (χ1n) is 7.37. The number of morpholine rings is 1. The Balaban J connectivity index is 2.62. The van der Waals surface area contributed by atoms with Gasteiger partial charge < -0.3 is 10.5 Å². The highest BCUT2D eigenvalue weighted by Gasteiger charge is 2.29. The second-order valence-corrected chi connectivity index (χ2v) is 5.88. The average molecular weight is 293 g/mol. The van der Waals surface area contributed by atoms with Crippen molar-refractivity contribution in [2.24, 2.45) is 10.7 Å². The molecule has 0 saturated carbocycles. The monoisotopic (exact) mass is 293 g/mol. The smallest absolute Gasteiger partial charge is 0.176 e. The maximum atomic E-state index is 12.4. The van der Waals surface area contributed by atoms with Crippen LogP contribution in [-0.2, 0) is 9.53 Å². The molecule has 118 valence electrons. The fourth-order valence-corrected chi connectivity index (χ4v) is 2.46. The Bertz CT molecular complexity index is 427. The number of carbonyl (C=O) groups excluding carboxylic acids is 1. The SMILES string of the molecule is C=N/C=C\C=C(/CC)C(=O)C(N)CN1CCOC(C)(C)C1. The van der Waals surface area contributed by atoms with Gasteiger partial charge in [0.25, 0.3) is 0 Å². The molecule has 1 aliphatic heterocycles. The molecule has 21 heavy (non-hydrogen) atoms. The summed E-state index contributed by atoms with van der Waals surface area (Å²) >= 11 is 0. The molecule has 0 aromatic carbocycles. The fraction of sp³-hybridized carbons (Fsp3) is 0.625. The second-order valence-electron chi connectivity index (χ2n) is 5.88. The summed E-state index contributed by atoms with van der Waals surface area (Å²) in [5.74, 6) is -0.00416. The van der Waals surface area contributed by atoms with E-state index in [0.29, 0.717) is 19.6 Å². The van der Waals surface area contributed by atoms with Crippen LogP contribution in [0.15, 0.2) is 28.9 Å². The Morgan fingerprint density at radius 3 is 2.86 bits per heavy atom. The highest BCUT2D eigenvalue weighted by molar-refractivity contribution is 5.99. The molecule has 0 aromatic rings. The summed E-state index contributed by atoms with van der Waals surface area (Å²) in [6.07, 6.45) is 5.69. The summed E-state index contributed by atoms with van der Waals surface area (Å²) in [7, 11) is 0. The first-order chi connectivity index (χ1) is 9.89. The van der Waals surface area contributed by atoms with Crippen LogP contribution in [0.2, 0.25) is 0 Å². The summed E-state index contributed by atoms with van der Waals surface area (Å²) in [6, 6.07) is -0.504. The van der Waals surface area contributed by atoms with E-state index in [0.717, 1.165) is 18.7 Å². The standard InChI is InChI=1S/C16H27N3O2/c1-5-13(7-6-8-18-4)15(20)14(17)11-19-9-10-21-16(2,3)12-19/h6-8,14H,4-5,9-12,17H2,1-3H3/b8-6-,13-7+. The number of nitrogens with zero attached hydrogens (tertiary/aromatic N) is 2. The minimum Gasteiger partial charge on any atom is -0.373 e. The average Bonchev–Trinajstić information content (AvgIpc) is 2.42. The highest BCUT2D eigenvalue weighted by Crippen LogP contribution is 2.17. The van der Waals surface area contributed by atoms with E-state index in [1.165, 1.54) is 0 Å². The van der Waals surface area contributed by atoms with Crippen LogP contribution in [-0.4, -0.2) is 55.3 Å². The largest absolute Gasteiger partial charge is 0.373 e. The zero-order chi connectivity index (χ0) is 15.9. The Morgan fingerprint density at radius 2 is 2.29 bits per heavy atom. The summed E-state index contributed by atoms with van der Waals surface area (Å²) in [4.78, 5) is 18.2. The number of hydrogen-bond acceptors (Lipinski definition) is 5. The van der Waals surface area contributed by atoms with Gasteiger partial charge in [-0.05, 0) is 38.6 Å². The van der Waals surface area contributed by atoms with Gasteiger partial charge in [-0.1, -0.05) is 13.0 Å². The van der Waals surface area contributed by atoms with Gasteiger partial charge in [0.05, 0.1) is 18.2 Å². The van der Waals surface area contributed by atoms with Crippen molar-refractivity contribution in [2.45, 2.75) is 38.8 Å². The number of allylic oxidation sites excluding steroid dienone is 2. The van der Waals surface area contributed by atoms with Crippen molar-refractivity contribution >= 4 is 12.5 Å². The number of Topliss-reactive ketones (excluding diaryl/α,β-unsaturated/α-hetero) is 1. The number of carbonyl (C=O) groups is 1. The van der Waals surface area contributed by atoms with E-state index in [1.54, 1.807) is 18.4 Å². The fourth-order valence-electron chi connectivity index (χ4n) is 2.46. The van der Waals surface area contributed by atoms with Crippen molar-refractivity contribution in [1.29, 1.82) is 0 Å². The zero-order valence-corrected chi connectivity index (χ0v) is 13.3. The lowest BCUT2D eigenvalue weighted by Gasteiger charge is -2.39. The molecule has 5 nitrogen and oxygen atoms in total. The third kappa shape index (κ3) is 5.91. The van der Waals surface area contributed by atoms with Crippen LogP contribution in [0.1, 0.15) is 27.2 Å². The van der Waals surface area contributed by atoms with Gasteiger partial charge in [-0.25, -0.2) is 0 Å². The van der Waals surface area contributed by atoms with Gasteiger partial charge in [-0.3, -0.25) is 14.7 Å². The Morgan fingerprint density at radius 1 is 1.57 bits per heavy atom. The Labute approximate surface area is 127 Å². The van der Waals surface area contributed by atoms with Crippen molar-refractivity contribution in [2.75, 3.05) is 26.2 Å². The van der Waals surface area contributed by atoms with Crippen molar-refractivity contribution in [1.82, 2.24) is 4.90 Å². The molecule has 1 atom stereocenters. The quantitative estimate of drug-likeness (QED) is 0.439. The van der Waals surface area contributed by atoms with E-state index in [4.69, 9.17) is 10.5 Å². The van der Waals surface area contributed by atoms with E-state index in [2.05, 4.69) is 30.5 Å². The molecule has 5 heteroatoms. The van der Waals surface area contributed by atoms with E-state index in [-0.39, 0.29) is 11.4 Å². The predicted molar refractivity (Wildman–Crippen MR) is 86.5 cm³/mol. The predicted octanol–water partition coefficient (Wildman–Crippen LogP) is 1.54. The number of ketones is 1. The maximum absolute atomic E-state index is 12.4. The summed E-state index contributed by atoms with van der Waals surface area (Å²) in [6.45, 7) is 12.3. The number of hydrogen-bond donors (Lipinski definition) is 1. The lowest BCUT2D eigenvalue weighted by molar-refractivity contribution is -0.119. The Kier molecular flexibility index (Phi) is 6.95. The number of rotatable bonds is 7. The topological polar surface area (TPSA) is 67.9 Å². The first-order valence-corrected chi connectivity index (χ1v) is 7.37. The van der Waals surface area contributed by atoms with E-state index >= 15 is 0 Å². The van der Waals surface area contributed by atoms with Crippen LogP contribution < -0.4 is 5.73 Å². The zero-order valence-electron chi connectivity index (χ0n) is 13.3. The van der Waals surface area contributed by atoms with Gasteiger partial charge >= 0.3 is 0 Å². The molecule has 0 spiro atoms. The van der Waals surface area contributed by atoms with Gasteiger partial charge in [0.2, 0.25) is 0 Å². The molecule has 2 N–H and O–H groups in total. The molecule has 1 saturated heterocycles. The minimum absolute atomic E-state index is 0.00416. The summed E-state index contributed by atoms with van der Waals surface area (Å²) in [5, 5.41) is 0. The molecule has 1 heterocycles. The maximum Gasteiger partial charge on any atom is 0.176 e. The second kappa shape index (κ2) is 8.22. The van der Waals surface area contributed by atoms with Crippen molar-refractivity contribution in [3.05, 3.63) is 23.9 Å². The van der Waals surface area contributed by atoms with E-state index in [1.807, 2.05) is 6.92 Å². The highest BCUT2D eigenvalue weighted by atomic mass is 16.5. The molecule has 1 fully saturated rings. The van der Waals surface area contributed by atoms with Crippen molar-refractivity contribution in [3.8, 4) is 0 Å². The minimum atomic E-state index is -0.504. The molecule has 0 aliphatic carbocycles. The lowest BCUT2D eigenvalue weighted by atomic mass is 10.0. The van der Waals surface area contributed by atoms with Crippen LogP contribution in [0.5, 0.6) is 0 Å². The van der Waals surface area contributed by atoms with Gasteiger partial charge in [0.15, 0.2) is 5.78 Å². The summed E-state index contributed by atoms with van der Waals surface area (Å²) < 4.78 is 5.67. The van der Waals surface area contributed by atoms with E-state index < -0.39 is 6.04 Å². The normalized spacial score (nSPS) is 21.4. The molecule has 1 aliphatic rings. The summed E-state index contributed by atoms with van der Waals surface area (Å²) in [5.41, 5.74) is 6.62. The van der Waals surface area contributed by atoms with Gasteiger partial charge in [0, 0.05) is 25.8 Å². The number of nitrogens with two attached hydrogens (primary N) is 1. The van der Waals surface area contributed by atoms with Crippen molar-refractivity contribution in [3.63, 3.8) is 0 Å². The number of aliphatic imine (C=N–C) groups is 1.